The fraction of sp³-hybridized carbons (Fsp3) is 0.136. The summed E-state index contributed by atoms with van der Waals surface area (Å²) in [5.74, 6) is 1.56. The number of methoxy groups -OCH3 is 2. The first-order valence-corrected chi connectivity index (χ1v) is 9.02. The van der Waals surface area contributed by atoms with Crippen LogP contribution in [-0.4, -0.2) is 19.3 Å². The summed E-state index contributed by atoms with van der Waals surface area (Å²) in [6.07, 6.45) is 0. The zero-order chi connectivity index (χ0) is 19.1. The molecule has 3 aromatic carbocycles. The molecule has 0 aromatic heterocycles. The van der Waals surface area contributed by atoms with Gasteiger partial charge in [0.25, 0.3) is 0 Å². The van der Waals surface area contributed by atoms with Crippen molar-refractivity contribution in [3.8, 4) is 22.6 Å². The second-order valence-corrected chi connectivity index (χ2v) is 6.31. The maximum Gasteiger partial charge on any atom is 0.171 e. The average molecular weight is 378 g/mol. The third kappa shape index (κ3) is 4.77. The summed E-state index contributed by atoms with van der Waals surface area (Å²) >= 11 is 5.46. The van der Waals surface area contributed by atoms with Crippen molar-refractivity contribution < 1.29 is 9.47 Å². The van der Waals surface area contributed by atoms with Gasteiger partial charge in [0, 0.05) is 12.1 Å². The Balaban J connectivity index is 1.73. The number of para-hydroxylation sites is 1. The first-order valence-electron chi connectivity index (χ1n) is 8.61. The first kappa shape index (κ1) is 18.7. The minimum atomic E-state index is 0.518. The van der Waals surface area contributed by atoms with E-state index in [4.69, 9.17) is 21.7 Å². The molecule has 0 unspecified atom stereocenters. The third-order valence-electron chi connectivity index (χ3n) is 4.19. The minimum absolute atomic E-state index is 0.518. The Kier molecular flexibility index (Phi) is 6.28. The highest BCUT2D eigenvalue weighted by atomic mass is 32.1. The van der Waals surface area contributed by atoms with Gasteiger partial charge >= 0.3 is 0 Å². The third-order valence-corrected chi connectivity index (χ3v) is 4.43. The molecule has 0 radical (unpaired) electrons. The molecular formula is C22H22N2O2S. The number of hydrogen-bond donors (Lipinski definition) is 2. The van der Waals surface area contributed by atoms with Crippen LogP contribution in [0, 0.1) is 0 Å². The van der Waals surface area contributed by atoms with Crippen LogP contribution in [0.2, 0.25) is 0 Å². The van der Waals surface area contributed by atoms with Crippen LogP contribution in [0.5, 0.6) is 11.5 Å². The molecule has 0 aliphatic heterocycles. The number of thiocarbonyl (C=S) groups is 1. The van der Waals surface area contributed by atoms with Gasteiger partial charge in [0.1, 0.15) is 11.5 Å². The van der Waals surface area contributed by atoms with Gasteiger partial charge < -0.3 is 20.1 Å². The standard InChI is InChI=1S/C22H22N2O2S/c1-25-20-11-7-6-10-18(20)15-23-22(27)24-19-14-17(12-13-21(19)26-2)16-8-4-3-5-9-16/h3-14H,15H2,1-2H3,(H2,23,24,27). The summed E-state index contributed by atoms with van der Waals surface area (Å²) in [5, 5.41) is 6.97. The van der Waals surface area contributed by atoms with Gasteiger partial charge in [0.2, 0.25) is 0 Å². The van der Waals surface area contributed by atoms with Crippen molar-refractivity contribution in [1.82, 2.24) is 5.32 Å². The number of hydrogen-bond acceptors (Lipinski definition) is 3. The molecule has 0 bridgehead atoms. The molecule has 0 spiro atoms. The maximum absolute atomic E-state index is 5.47. The van der Waals surface area contributed by atoms with E-state index in [1.807, 2.05) is 60.7 Å². The number of benzene rings is 3. The molecule has 0 atom stereocenters. The van der Waals surface area contributed by atoms with Gasteiger partial charge in [0.05, 0.1) is 19.9 Å². The molecule has 27 heavy (non-hydrogen) atoms. The molecular weight excluding hydrogens is 356 g/mol. The molecule has 138 valence electrons. The molecule has 0 aliphatic rings. The van der Waals surface area contributed by atoms with Crippen molar-refractivity contribution >= 4 is 23.0 Å². The van der Waals surface area contributed by atoms with Crippen LogP contribution < -0.4 is 20.1 Å². The number of nitrogens with one attached hydrogen (secondary N) is 2. The fourth-order valence-corrected chi connectivity index (χ4v) is 2.99. The van der Waals surface area contributed by atoms with Crippen LogP contribution in [0.1, 0.15) is 5.56 Å². The SMILES string of the molecule is COc1ccccc1CNC(=S)Nc1cc(-c2ccccc2)ccc1OC. The monoisotopic (exact) mass is 378 g/mol. The van der Waals surface area contributed by atoms with E-state index in [1.54, 1.807) is 14.2 Å². The van der Waals surface area contributed by atoms with Crippen LogP contribution >= 0.6 is 12.2 Å². The normalized spacial score (nSPS) is 10.1. The van der Waals surface area contributed by atoms with E-state index >= 15 is 0 Å². The van der Waals surface area contributed by atoms with Crippen molar-refractivity contribution in [3.05, 3.63) is 78.4 Å². The van der Waals surface area contributed by atoms with E-state index in [0.29, 0.717) is 11.7 Å². The van der Waals surface area contributed by atoms with Gasteiger partial charge in [-0.2, -0.15) is 0 Å². The number of rotatable bonds is 6. The van der Waals surface area contributed by atoms with Crippen LogP contribution in [0.25, 0.3) is 11.1 Å². The van der Waals surface area contributed by atoms with Crippen LogP contribution in [0.15, 0.2) is 72.8 Å². The summed E-state index contributed by atoms with van der Waals surface area (Å²) < 4.78 is 10.8. The summed E-state index contributed by atoms with van der Waals surface area (Å²) in [7, 11) is 3.31. The van der Waals surface area contributed by atoms with Gasteiger partial charge in [-0.05, 0) is 41.5 Å². The highest BCUT2D eigenvalue weighted by Crippen LogP contribution is 2.30. The maximum atomic E-state index is 5.47. The van der Waals surface area contributed by atoms with Gasteiger partial charge in [0.15, 0.2) is 5.11 Å². The van der Waals surface area contributed by atoms with Crippen molar-refractivity contribution in [3.63, 3.8) is 0 Å². The van der Waals surface area contributed by atoms with E-state index in [-0.39, 0.29) is 0 Å². The molecule has 0 saturated carbocycles. The van der Waals surface area contributed by atoms with Gasteiger partial charge in [-0.3, -0.25) is 0 Å². The Bertz CT molecular complexity index is 913. The topological polar surface area (TPSA) is 42.5 Å². The summed E-state index contributed by atoms with van der Waals surface area (Å²) in [5.41, 5.74) is 4.08. The molecule has 5 heteroatoms. The Hall–Kier alpha value is -3.05. The Morgan fingerprint density at radius 1 is 0.815 bits per heavy atom. The van der Waals surface area contributed by atoms with E-state index in [0.717, 1.165) is 33.9 Å². The lowest BCUT2D eigenvalue weighted by molar-refractivity contribution is 0.409. The summed E-state index contributed by atoms with van der Waals surface area (Å²) in [6, 6.07) is 24.0. The molecule has 0 aliphatic carbocycles. The zero-order valence-corrected chi connectivity index (χ0v) is 16.2. The van der Waals surface area contributed by atoms with Crippen LogP contribution in [-0.2, 0) is 6.54 Å². The molecule has 0 amide bonds. The summed E-state index contributed by atoms with van der Waals surface area (Å²) in [6.45, 7) is 0.566. The van der Waals surface area contributed by atoms with Crippen molar-refractivity contribution in [2.75, 3.05) is 19.5 Å². The van der Waals surface area contributed by atoms with E-state index in [9.17, 15) is 0 Å². The molecule has 2 N–H and O–H groups in total. The Labute approximate surface area is 165 Å². The van der Waals surface area contributed by atoms with E-state index in [2.05, 4.69) is 22.8 Å². The van der Waals surface area contributed by atoms with E-state index < -0.39 is 0 Å². The number of anilines is 1. The quantitative estimate of drug-likeness (QED) is 0.600. The van der Waals surface area contributed by atoms with Gasteiger partial charge in [-0.15, -0.1) is 0 Å². The lowest BCUT2D eigenvalue weighted by Crippen LogP contribution is -2.28. The minimum Gasteiger partial charge on any atom is -0.496 e. The molecule has 0 heterocycles. The van der Waals surface area contributed by atoms with Crippen molar-refractivity contribution in [2.24, 2.45) is 0 Å². The lowest BCUT2D eigenvalue weighted by Gasteiger charge is -2.16. The second-order valence-electron chi connectivity index (χ2n) is 5.90. The van der Waals surface area contributed by atoms with Crippen LogP contribution in [0.4, 0.5) is 5.69 Å². The van der Waals surface area contributed by atoms with Crippen molar-refractivity contribution in [2.45, 2.75) is 6.54 Å². The van der Waals surface area contributed by atoms with Crippen LogP contribution in [0.3, 0.4) is 0 Å². The molecule has 0 saturated heterocycles. The predicted octanol–water partition coefficient (Wildman–Crippen LogP) is 4.86. The highest BCUT2D eigenvalue weighted by Gasteiger charge is 2.08. The molecule has 3 aromatic rings. The lowest BCUT2D eigenvalue weighted by atomic mass is 10.0. The Morgan fingerprint density at radius 3 is 2.26 bits per heavy atom. The van der Waals surface area contributed by atoms with Crippen molar-refractivity contribution in [1.29, 1.82) is 0 Å². The first-order chi connectivity index (χ1) is 13.2. The molecule has 0 fully saturated rings. The fourth-order valence-electron chi connectivity index (χ4n) is 2.81. The predicted molar refractivity (Wildman–Crippen MR) is 114 cm³/mol. The zero-order valence-electron chi connectivity index (χ0n) is 15.4. The smallest absolute Gasteiger partial charge is 0.171 e. The summed E-state index contributed by atoms with van der Waals surface area (Å²) in [4.78, 5) is 0. The molecule has 4 nitrogen and oxygen atoms in total. The average Bonchev–Trinajstić information content (AvgIpc) is 2.73. The van der Waals surface area contributed by atoms with Gasteiger partial charge in [-0.25, -0.2) is 0 Å². The Morgan fingerprint density at radius 2 is 1.52 bits per heavy atom. The molecule has 3 rings (SSSR count). The van der Waals surface area contributed by atoms with Gasteiger partial charge in [-0.1, -0.05) is 54.6 Å². The van der Waals surface area contributed by atoms with E-state index in [1.165, 1.54) is 0 Å². The highest BCUT2D eigenvalue weighted by molar-refractivity contribution is 7.80. The number of ether oxygens (including phenoxy) is 2. The largest absolute Gasteiger partial charge is 0.496 e. The second kappa shape index (κ2) is 9.05.